The van der Waals surface area contributed by atoms with Gasteiger partial charge in [0.25, 0.3) is 0 Å². The Hall–Kier alpha value is -3.36. The van der Waals surface area contributed by atoms with Crippen LogP contribution in [0.4, 0.5) is 11.5 Å². The number of carbonyl (C=O) groups is 2. The van der Waals surface area contributed by atoms with Gasteiger partial charge in [-0.2, -0.15) is 5.10 Å². The number of hydrogen-bond acceptors (Lipinski definition) is 5. The highest BCUT2D eigenvalue weighted by atomic mass is 32.2. The molecule has 1 aliphatic heterocycles. The van der Waals surface area contributed by atoms with Crippen LogP contribution in [0.15, 0.2) is 66.0 Å². The molecule has 38 heavy (non-hydrogen) atoms. The van der Waals surface area contributed by atoms with E-state index in [0.29, 0.717) is 11.5 Å². The van der Waals surface area contributed by atoms with E-state index in [1.165, 1.54) is 4.88 Å². The van der Waals surface area contributed by atoms with Gasteiger partial charge in [0.15, 0.2) is 0 Å². The largest absolute Gasteiger partial charge is 0.325 e. The number of fused-ring (bicyclic) bond motifs is 1. The molecule has 0 spiro atoms. The van der Waals surface area contributed by atoms with Gasteiger partial charge in [0.2, 0.25) is 11.8 Å². The lowest BCUT2D eigenvalue weighted by Crippen LogP contribution is -2.40. The van der Waals surface area contributed by atoms with Crippen molar-refractivity contribution in [1.82, 2.24) is 9.78 Å². The van der Waals surface area contributed by atoms with E-state index in [-0.39, 0.29) is 34.8 Å². The van der Waals surface area contributed by atoms with Crippen molar-refractivity contribution in [3.05, 3.63) is 93.3 Å². The number of hydrogen-bond donors (Lipinski definition) is 1. The number of nitrogens with zero attached hydrogens (tertiary/aromatic N) is 3. The summed E-state index contributed by atoms with van der Waals surface area (Å²) in [7, 11) is 0. The van der Waals surface area contributed by atoms with Gasteiger partial charge in [-0.15, -0.1) is 23.1 Å². The lowest BCUT2D eigenvalue weighted by molar-refractivity contribution is -0.120. The monoisotopic (exact) mass is 544 g/mol. The summed E-state index contributed by atoms with van der Waals surface area (Å²) in [6, 6.07) is 19.9. The fourth-order valence-corrected chi connectivity index (χ4v) is 6.76. The Bertz CT molecular complexity index is 1450. The predicted octanol–water partition coefficient (Wildman–Crippen LogP) is 6.66. The molecule has 0 aliphatic carbocycles. The second-order valence-corrected chi connectivity index (χ2v) is 12.8. The van der Waals surface area contributed by atoms with Crippen molar-refractivity contribution in [1.29, 1.82) is 0 Å². The van der Waals surface area contributed by atoms with Crippen LogP contribution in [0.1, 0.15) is 53.3 Å². The molecule has 1 aliphatic rings. The maximum absolute atomic E-state index is 13.7. The van der Waals surface area contributed by atoms with Gasteiger partial charge in [-0.3, -0.25) is 14.5 Å². The zero-order valence-corrected chi connectivity index (χ0v) is 24.0. The first-order valence-electron chi connectivity index (χ1n) is 12.6. The third-order valence-electron chi connectivity index (χ3n) is 6.52. The summed E-state index contributed by atoms with van der Waals surface area (Å²) < 4.78 is 1.86. The van der Waals surface area contributed by atoms with Gasteiger partial charge in [-0.1, -0.05) is 62.2 Å². The molecule has 0 radical (unpaired) electrons. The molecule has 2 aromatic carbocycles. The van der Waals surface area contributed by atoms with Crippen LogP contribution >= 0.6 is 23.1 Å². The summed E-state index contributed by atoms with van der Waals surface area (Å²) in [5.74, 6) is 0.586. The molecule has 4 aromatic rings. The first kappa shape index (κ1) is 26.3. The van der Waals surface area contributed by atoms with Gasteiger partial charge in [-0.05, 0) is 49.6 Å². The van der Waals surface area contributed by atoms with E-state index in [1.54, 1.807) is 28.0 Å². The number of aryl methyl sites for hydroxylation is 2. The number of thioether (sulfide) groups is 1. The van der Waals surface area contributed by atoms with Crippen molar-refractivity contribution in [3.8, 4) is 5.69 Å². The molecule has 1 unspecified atom stereocenters. The highest BCUT2D eigenvalue weighted by molar-refractivity contribution is 8.00. The van der Waals surface area contributed by atoms with Gasteiger partial charge in [-0.25, -0.2) is 4.68 Å². The molecule has 0 fully saturated rings. The Balaban J connectivity index is 1.67. The van der Waals surface area contributed by atoms with Crippen molar-refractivity contribution in [3.63, 3.8) is 0 Å². The SMILES string of the molecule is Cc1ccc(NC(=O)CN2C(=O)CSC(c3cccs3)c3c(C(C)(C)C)nn(-c4ccc(C)cc4)c32)cc1. The van der Waals surface area contributed by atoms with E-state index in [1.807, 2.05) is 73.1 Å². The number of rotatable bonds is 5. The number of benzene rings is 2. The zero-order chi connectivity index (χ0) is 27.0. The Morgan fingerprint density at radius 3 is 2.29 bits per heavy atom. The quantitative estimate of drug-likeness (QED) is 0.305. The van der Waals surface area contributed by atoms with E-state index in [9.17, 15) is 9.59 Å². The molecule has 2 amide bonds. The number of nitrogens with one attached hydrogen (secondary N) is 1. The second kappa shape index (κ2) is 10.4. The zero-order valence-electron chi connectivity index (χ0n) is 22.3. The normalized spacial score (nSPS) is 15.8. The van der Waals surface area contributed by atoms with Crippen LogP contribution in [-0.4, -0.2) is 33.9 Å². The molecule has 0 saturated carbocycles. The fourth-order valence-electron chi connectivity index (χ4n) is 4.59. The minimum Gasteiger partial charge on any atom is -0.325 e. The number of anilines is 2. The van der Waals surface area contributed by atoms with E-state index >= 15 is 0 Å². The minimum absolute atomic E-state index is 0.0625. The first-order chi connectivity index (χ1) is 18.1. The van der Waals surface area contributed by atoms with Gasteiger partial charge >= 0.3 is 0 Å². The van der Waals surface area contributed by atoms with Crippen LogP contribution in [0.5, 0.6) is 0 Å². The summed E-state index contributed by atoms with van der Waals surface area (Å²) >= 11 is 3.29. The Morgan fingerprint density at radius 1 is 1.03 bits per heavy atom. The lowest BCUT2D eigenvalue weighted by Gasteiger charge is -2.24. The third kappa shape index (κ3) is 5.28. The summed E-state index contributed by atoms with van der Waals surface area (Å²) in [6.45, 7) is 10.4. The van der Waals surface area contributed by atoms with Crippen molar-refractivity contribution in [2.75, 3.05) is 22.5 Å². The summed E-state index contributed by atoms with van der Waals surface area (Å²) in [5, 5.41) is 10.1. The lowest BCUT2D eigenvalue weighted by atomic mass is 9.88. The average Bonchev–Trinajstić information content (AvgIpc) is 3.51. The van der Waals surface area contributed by atoms with E-state index in [0.717, 1.165) is 28.1 Å². The molecule has 0 saturated heterocycles. The van der Waals surface area contributed by atoms with Crippen LogP contribution in [0, 0.1) is 13.8 Å². The Morgan fingerprint density at radius 2 is 1.68 bits per heavy atom. The van der Waals surface area contributed by atoms with Crippen LogP contribution in [0.2, 0.25) is 0 Å². The smallest absolute Gasteiger partial charge is 0.244 e. The van der Waals surface area contributed by atoms with Gasteiger partial charge in [0.05, 0.1) is 22.4 Å². The summed E-state index contributed by atoms with van der Waals surface area (Å²) in [6.07, 6.45) is 0. The van der Waals surface area contributed by atoms with Crippen molar-refractivity contribution in [2.24, 2.45) is 0 Å². The third-order valence-corrected chi connectivity index (χ3v) is 8.84. The Labute approximate surface area is 232 Å². The summed E-state index contributed by atoms with van der Waals surface area (Å²) in [4.78, 5) is 29.8. The fraction of sp³-hybridized carbons (Fsp3) is 0.300. The summed E-state index contributed by atoms with van der Waals surface area (Å²) in [5.41, 5.74) is 5.47. The molecule has 1 N–H and O–H groups in total. The van der Waals surface area contributed by atoms with Crippen molar-refractivity contribution in [2.45, 2.75) is 45.3 Å². The molecule has 1 atom stereocenters. The highest BCUT2D eigenvalue weighted by Crippen LogP contribution is 2.49. The number of aromatic nitrogens is 2. The standard InChI is InChI=1S/C30H32N4O2S2/c1-19-8-12-21(13-9-19)31-24(35)17-33-25(36)18-38-27(23-7-6-16-37-23)26-28(30(3,4)5)32-34(29(26)33)22-14-10-20(2)11-15-22/h6-16,27H,17-18H2,1-5H3,(H,31,35). The highest BCUT2D eigenvalue weighted by Gasteiger charge is 2.40. The predicted molar refractivity (Wildman–Crippen MR) is 158 cm³/mol. The molecule has 6 nitrogen and oxygen atoms in total. The maximum Gasteiger partial charge on any atom is 0.244 e. The first-order valence-corrected chi connectivity index (χ1v) is 14.6. The van der Waals surface area contributed by atoms with E-state index in [4.69, 9.17) is 5.10 Å². The second-order valence-electron chi connectivity index (χ2n) is 10.7. The van der Waals surface area contributed by atoms with E-state index in [2.05, 4.69) is 37.5 Å². The molecular weight excluding hydrogens is 512 g/mol. The van der Waals surface area contributed by atoms with Gasteiger partial charge < -0.3 is 5.32 Å². The van der Waals surface area contributed by atoms with Crippen molar-refractivity contribution < 1.29 is 9.59 Å². The number of thiophene rings is 1. The molecule has 2 aromatic heterocycles. The molecule has 196 valence electrons. The van der Waals surface area contributed by atoms with Crippen LogP contribution in [0.3, 0.4) is 0 Å². The van der Waals surface area contributed by atoms with Gasteiger partial charge in [0, 0.05) is 21.5 Å². The minimum atomic E-state index is -0.278. The molecule has 8 heteroatoms. The topological polar surface area (TPSA) is 67.2 Å². The van der Waals surface area contributed by atoms with Crippen molar-refractivity contribution >= 4 is 46.4 Å². The van der Waals surface area contributed by atoms with Gasteiger partial charge in [0.1, 0.15) is 12.4 Å². The number of carbonyl (C=O) groups excluding carboxylic acids is 2. The molecule has 3 heterocycles. The van der Waals surface area contributed by atoms with E-state index < -0.39 is 0 Å². The molecular formula is C30H32N4O2S2. The average molecular weight is 545 g/mol. The molecule has 5 rings (SSSR count). The van der Waals surface area contributed by atoms with Crippen LogP contribution in [0.25, 0.3) is 5.69 Å². The maximum atomic E-state index is 13.7. The molecule has 0 bridgehead atoms. The van der Waals surface area contributed by atoms with Crippen LogP contribution < -0.4 is 10.2 Å². The van der Waals surface area contributed by atoms with Crippen LogP contribution in [-0.2, 0) is 15.0 Å². The number of amides is 2. The Kier molecular flexibility index (Phi) is 7.20.